The Balaban J connectivity index is 2.14. The Bertz CT molecular complexity index is 1080. The summed E-state index contributed by atoms with van der Waals surface area (Å²) in [5.74, 6) is 0.997. The minimum absolute atomic E-state index is 0.0510. The lowest BCUT2D eigenvalue weighted by molar-refractivity contribution is 0.630. The third-order valence-corrected chi connectivity index (χ3v) is 4.26. The van der Waals surface area contributed by atoms with Gasteiger partial charge in [-0.25, -0.2) is 14.4 Å². The van der Waals surface area contributed by atoms with Gasteiger partial charge in [-0.2, -0.15) is 0 Å². The van der Waals surface area contributed by atoms with Gasteiger partial charge in [-0.3, -0.25) is 4.57 Å². The summed E-state index contributed by atoms with van der Waals surface area (Å²) >= 11 is 12.2. The van der Waals surface area contributed by atoms with E-state index in [0.29, 0.717) is 21.9 Å². The standard InChI is InChI=1S/C16H11Cl2FN4/c1-7-20-13-3-9(17)4-15(16(13)21-7)23-8(2)22-12-6-11(19)10(18)5-14(12)23/h3-6H,1-2H3,(H,20,21). The number of imidazole rings is 2. The first-order valence-electron chi connectivity index (χ1n) is 6.94. The van der Waals surface area contributed by atoms with Crippen LogP contribution in [0.4, 0.5) is 4.39 Å². The molecule has 0 aliphatic carbocycles. The smallest absolute Gasteiger partial charge is 0.144 e. The van der Waals surface area contributed by atoms with Crippen LogP contribution >= 0.6 is 23.2 Å². The zero-order valence-electron chi connectivity index (χ0n) is 12.3. The fourth-order valence-electron chi connectivity index (χ4n) is 2.86. The fraction of sp³-hybridized carbons (Fsp3) is 0.125. The number of aromatic nitrogens is 4. The summed E-state index contributed by atoms with van der Waals surface area (Å²) in [6, 6.07) is 6.54. The number of nitrogens with zero attached hydrogens (tertiary/aromatic N) is 3. The molecule has 2 heterocycles. The van der Waals surface area contributed by atoms with Crippen LogP contribution in [0.5, 0.6) is 0 Å². The average molecular weight is 349 g/mol. The molecule has 0 atom stereocenters. The van der Waals surface area contributed by atoms with Gasteiger partial charge in [-0.1, -0.05) is 23.2 Å². The van der Waals surface area contributed by atoms with Gasteiger partial charge in [-0.15, -0.1) is 0 Å². The summed E-state index contributed by atoms with van der Waals surface area (Å²) in [4.78, 5) is 12.1. The zero-order chi connectivity index (χ0) is 16.3. The monoisotopic (exact) mass is 348 g/mol. The van der Waals surface area contributed by atoms with Gasteiger partial charge in [0.1, 0.15) is 23.0 Å². The minimum atomic E-state index is -0.490. The molecule has 0 fully saturated rings. The second-order valence-electron chi connectivity index (χ2n) is 5.39. The van der Waals surface area contributed by atoms with Crippen LogP contribution in [0.3, 0.4) is 0 Å². The van der Waals surface area contributed by atoms with Crippen molar-refractivity contribution in [3.63, 3.8) is 0 Å². The largest absolute Gasteiger partial charge is 0.342 e. The maximum atomic E-state index is 13.7. The Kier molecular flexibility index (Phi) is 3.11. The number of fused-ring (bicyclic) bond motifs is 2. The number of hydrogen-bond acceptors (Lipinski definition) is 2. The topological polar surface area (TPSA) is 46.5 Å². The van der Waals surface area contributed by atoms with Crippen LogP contribution in [-0.4, -0.2) is 19.5 Å². The molecule has 4 rings (SSSR count). The van der Waals surface area contributed by atoms with Crippen molar-refractivity contribution in [2.24, 2.45) is 0 Å². The molecule has 0 unspecified atom stereocenters. The molecule has 2 aromatic carbocycles. The summed E-state index contributed by atoms with van der Waals surface area (Å²) < 4.78 is 15.6. The Hall–Kier alpha value is -2.11. The molecule has 0 aliphatic rings. The van der Waals surface area contributed by atoms with Crippen molar-refractivity contribution in [1.29, 1.82) is 0 Å². The van der Waals surface area contributed by atoms with Gasteiger partial charge < -0.3 is 4.98 Å². The van der Waals surface area contributed by atoms with Crippen LogP contribution in [0.2, 0.25) is 10.0 Å². The third-order valence-electron chi connectivity index (χ3n) is 3.75. The molecule has 0 saturated heterocycles. The highest BCUT2D eigenvalue weighted by Gasteiger charge is 2.16. The van der Waals surface area contributed by atoms with Crippen LogP contribution in [0, 0.1) is 19.7 Å². The number of nitrogens with one attached hydrogen (secondary N) is 1. The molecule has 0 spiro atoms. The van der Waals surface area contributed by atoms with E-state index in [9.17, 15) is 4.39 Å². The van der Waals surface area contributed by atoms with Crippen LogP contribution < -0.4 is 0 Å². The van der Waals surface area contributed by atoms with E-state index in [0.717, 1.165) is 22.5 Å². The lowest BCUT2D eigenvalue weighted by atomic mass is 10.2. The van der Waals surface area contributed by atoms with Crippen molar-refractivity contribution >= 4 is 45.3 Å². The predicted octanol–water partition coefficient (Wildman–Crippen LogP) is 4.96. The first kappa shape index (κ1) is 14.5. The van der Waals surface area contributed by atoms with Crippen molar-refractivity contribution in [3.05, 3.63) is 51.8 Å². The summed E-state index contributed by atoms with van der Waals surface area (Å²) in [6.07, 6.45) is 0. The zero-order valence-corrected chi connectivity index (χ0v) is 13.8. The Morgan fingerprint density at radius 2 is 1.87 bits per heavy atom. The number of halogens is 3. The number of H-pyrrole nitrogens is 1. The van der Waals surface area contributed by atoms with Gasteiger partial charge in [0.25, 0.3) is 0 Å². The molecule has 0 amide bonds. The maximum absolute atomic E-state index is 13.7. The first-order chi connectivity index (χ1) is 10.9. The number of benzene rings is 2. The predicted molar refractivity (Wildman–Crippen MR) is 90.2 cm³/mol. The molecular formula is C16H11Cl2FN4. The van der Waals surface area contributed by atoms with Crippen molar-refractivity contribution in [1.82, 2.24) is 19.5 Å². The molecule has 1 N–H and O–H groups in total. The fourth-order valence-corrected chi connectivity index (χ4v) is 3.23. The summed E-state index contributed by atoms with van der Waals surface area (Å²) in [7, 11) is 0. The average Bonchev–Trinajstić information content (AvgIpc) is 2.97. The van der Waals surface area contributed by atoms with Gasteiger partial charge in [0, 0.05) is 11.1 Å². The van der Waals surface area contributed by atoms with E-state index in [-0.39, 0.29) is 5.02 Å². The van der Waals surface area contributed by atoms with Crippen molar-refractivity contribution < 1.29 is 4.39 Å². The van der Waals surface area contributed by atoms with E-state index in [2.05, 4.69) is 15.0 Å². The van der Waals surface area contributed by atoms with E-state index < -0.39 is 5.82 Å². The highest BCUT2D eigenvalue weighted by Crippen LogP contribution is 2.31. The quantitative estimate of drug-likeness (QED) is 0.528. The second kappa shape index (κ2) is 4.94. The van der Waals surface area contributed by atoms with Crippen molar-refractivity contribution in [2.75, 3.05) is 0 Å². The van der Waals surface area contributed by atoms with Gasteiger partial charge in [0.05, 0.1) is 27.3 Å². The van der Waals surface area contributed by atoms with E-state index in [1.165, 1.54) is 6.07 Å². The lowest BCUT2D eigenvalue weighted by Gasteiger charge is -2.09. The third kappa shape index (κ3) is 2.19. The molecular weight excluding hydrogens is 338 g/mol. The molecule has 0 aliphatic heterocycles. The maximum Gasteiger partial charge on any atom is 0.144 e. The van der Waals surface area contributed by atoms with Gasteiger partial charge in [-0.05, 0) is 32.0 Å². The van der Waals surface area contributed by atoms with Gasteiger partial charge in [0.2, 0.25) is 0 Å². The summed E-state index contributed by atoms with van der Waals surface area (Å²) in [5, 5.41) is 0.626. The van der Waals surface area contributed by atoms with Gasteiger partial charge >= 0.3 is 0 Å². The van der Waals surface area contributed by atoms with Crippen LogP contribution in [0.1, 0.15) is 11.6 Å². The Morgan fingerprint density at radius 1 is 1.09 bits per heavy atom. The molecule has 4 nitrogen and oxygen atoms in total. The van der Waals surface area contributed by atoms with Crippen molar-refractivity contribution in [3.8, 4) is 5.69 Å². The molecule has 23 heavy (non-hydrogen) atoms. The van der Waals surface area contributed by atoms with Gasteiger partial charge in [0.15, 0.2) is 0 Å². The molecule has 7 heteroatoms. The number of rotatable bonds is 1. The number of hydrogen-bond donors (Lipinski definition) is 1. The van der Waals surface area contributed by atoms with Crippen LogP contribution in [-0.2, 0) is 0 Å². The highest BCUT2D eigenvalue weighted by molar-refractivity contribution is 6.32. The normalized spacial score (nSPS) is 11.7. The molecule has 0 bridgehead atoms. The molecule has 0 radical (unpaired) electrons. The molecule has 4 aromatic rings. The molecule has 0 saturated carbocycles. The van der Waals surface area contributed by atoms with E-state index in [1.807, 2.05) is 30.5 Å². The summed E-state index contributed by atoms with van der Waals surface area (Å²) in [6.45, 7) is 3.72. The SMILES string of the molecule is Cc1nc2c(-n3c(C)nc4cc(F)c(Cl)cc43)cc(Cl)cc2[nH]1. The summed E-state index contributed by atoms with van der Waals surface area (Å²) in [5.41, 5.74) is 3.62. The van der Waals surface area contributed by atoms with E-state index in [1.54, 1.807) is 6.07 Å². The second-order valence-corrected chi connectivity index (χ2v) is 6.24. The number of aromatic amines is 1. The molecule has 116 valence electrons. The first-order valence-corrected chi connectivity index (χ1v) is 7.70. The number of aryl methyl sites for hydroxylation is 2. The molecule has 2 aromatic heterocycles. The van der Waals surface area contributed by atoms with Crippen LogP contribution in [0.15, 0.2) is 24.3 Å². The van der Waals surface area contributed by atoms with E-state index in [4.69, 9.17) is 23.2 Å². The van der Waals surface area contributed by atoms with Crippen molar-refractivity contribution in [2.45, 2.75) is 13.8 Å². The Morgan fingerprint density at radius 3 is 2.65 bits per heavy atom. The van der Waals surface area contributed by atoms with Crippen LogP contribution in [0.25, 0.3) is 27.8 Å². The highest BCUT2D eigenvalue weighted by atomic mass is 35.5. The van der Waals surface area contributed by atoms with E-state index >= 15 is 0 Å². The Labute approximate surface area is 140 Å². The lowest BCUT2D eigenvalue weighted by Crippen LogP contribution is -1.98. The minimum Gasteiger partial charge on any atom is -0.342 e.